The summed E-state index contributed by atoms with van der Waals surface area (Å²) in [7, 11) is 0. The highest BCUT2D eigenvalue weighted by Gasteiger charge is 2.01. The maximum absolute atomic E-state index is 11.8. The Kier molecular flexibility index (Phi) is 3.68. The van der Waals surface area contributed by atoms with Crippen molar-refractivity contribution in [3.05, 3.63) is 71.0 Å². The molecule has 84 valence electrons. The van der Waals surface area contributed by atoms with Crippen molar-refractivity contribution >= 4 is 23.5 Å². The fourth-order valence-corrected chi connectivity index (χ4v) is 1.47. The topological polar surface area (TPSA) is 30.0 Å². The van der Waals surface area contributed by atoms with Crippen molar-refractivity contribution in [1.29, 1.82) is 0 Å². The van der Waals surface area contributed by atoms with E-state index < -0.39 is 0 Å². The molecule has 1 aromatic carbocycles. The third kappa shape index (κ3) is 3.26. The summed E-state index contributed by atoms with van der Waals surface area (Å²) in [5.74, 6) is -0.0852. The van der Waals surface area contributed by atoms with E-state index in [1.165, 1.54) is 12.3 Å². The van der Waals surface area contributed by atoms with E-state index >= 15 is 0 Å². The Morgan fingerprint density at radius 2 is 1.88 bits per heavy atom. The van der Waals surface area contributed by atoms with Crippen LogP contribution in [0.3, 0.4) is 0 Å². The summed E-state index contributed by atoms with van der Waals surface area (Å²) < 4.78 is 0. The highest BCUT2D eigenvalue weighted by Crippen LogP contribution is 2.08. The van der Waals surface area contributed by atoms with Gasteiger partial charge in [-0.05, 0) is 23.8 Å². The van der Waals surface area contributed by atoms with Crippen LogP contribution in [-0.4, -0.2) is 10.8 Å². The second kappa shape index (κ2) is 5.41. The van der Waals surface area contributed by atoms with Crippen molar-refractivity contribution in [1.82, 2.24) is 4.98 Å². The van der Waals surface area contributed by atoms with E-state index in [-0.39, 0.29) is 5.78 Å². The van der Waals surface area contributed by atoms with Gasteiger partial charge < -0.3 is 0 Å². The molecule has 2 aromatic rings. The van der Waals surface area contributed by atoms with Crippen molar-refractivity contribution in [3.8, 4) is 0 Å². The molecule has 2 nitrogen and oxygen atoms in total. The van der Waals surface area contributed by atoms with Crippen LogP contribution in [0.1, 0.15) is 15.9 Å². The number of halogens is 1. The number of aromatic nitrogens is 1. The fourth-order valence-electron chi connectivity index (χ4n) is 1.35. The largest absolute Gasteiger partial charge is 0.289 e. The summed E-state index contributed by atoms with van der Waals surface area (Å²) >= 11 is 5.65. The minimum absolute atomic E-state index is 0.0852. The number of pyridine rings is 1. The lowest BCUT2D eigenvalue weighted by Gasteiger charge is -1.95. The Hall–Kier alpha value is -1.93. The van der Waals surface area contributed by atoms with Crippen LogP contribution < -0.4 is 0 Å². The number of hydrogen-bond donors (Lipinski definition) is 0. The molecule has 0 atom stereocenters. The van der Waals surface area contributed by atoms with Crippen LogP contribution in [0.4, 0.5) is 0 Å². The number of allylic oxidation sites excluding steroid dienone is 1. The fraction of sp³-hybridized carbons (Fsp3) is 0. The lowest BCUT2D eigenvalue weighted by Crippen LogP contribution is -1.94. The summed E-state index contributed by atoms with van der Waals surface area (Å²) in [6.45, 7) is 0. The minimum Gasteiger partial charge on any atom is -0.289 e. The maximum atomic E-state index is 11.8. The van der Waals surface area contributed by atoms with Gasteiger partial charge in [0, 0.05) is 11.8 Å². The third-order valence-corrected chi connectivity index (χ3v) is 2.46. The van der Waals surface area contributed by atoms with Crippen LogP contribution in [0.25, 0.3) is 6.08 Å². The number of ketones is 1. The van der Waals surface area contributed by atoms with Gasteiger partial charge in [-0.3, -0.25) is 4.79 Å². The standard InChI is InChI=1S/C14H10ClNO/c15-14-9-7-12(10-16-14)13(17)8-6-11-4-2-1-3-5-11/h1-10H. The molecule has 0 fully saturated rings. The summed E-state index contributed by atoms with van der Waals surface area (Å²) in [4.78, 5) is 15.6. The van der Waals surface area contributed by atoms with E-state index in [0.717, 1.165) is 5.56 Å². The van der Waals surface area contributed by atoms with Gasteiger partial charge >= 0.3 is 0 Å². The van der Waals surface area contributed by atoms with E-state index in [2.05, 4.69) is 4.98 Å². The predicted octanol–water partition coefficient (Wildman–Crippen LogP) is 3.63. The van der Waals surface area contributed by atoms with Crippen molar-refractivity contribution in [2.75, 3.05) is 0 Å². The summed E-state index contributed by atoms with van der Waals surface area (Å²) in [5.41, 5.74) is 1.52. The van der Waals surface area contributed by atoms with Crippen molar-refractivity contribution < 1.29 is 4.79 Å². The van der Waals surface area contributed by atoms with Gasteiger partial charge in [0.05, 0.1) is 0 Å². The molecule has 0 N–H and O–H groups in total. The Morgan fingerprint density at radius 1 is 1.12 bits per heavy atom. The van der Waals surface area contributed by atoms with Gasteiger partial charge in [0.2, 0.25) is 0 Å². The number of benzene rings is 1. The zero-order valence-electron chi connectivity index (χ0n) is 9.01. The van der Waals surface area contributed by atoms with E-state index in [1.807, 2.05) is 30.3 Å². The average molecular weight is 244 g/mol. The quantitative estimate of drug-likeness (QED) is 0.468. The Bertz CT molecular complexity index is 532. The van der Waals surface area contributed by atoms with Gasteiger partial charge in [0.25, 0.3) is 0 Å². The van der Waals surface area contributed by atoms with Crippen molar-refractivity contribution in [3.63, 3.8) is 0 Å². The van der Waals surface area contributed by atoms with Crippen molar-refractivity contribution in [2.24, 2.45) is 0 Å². The molecule has 1 heterocycles. The third-order valence-electron chi connectivity index (χ3n) is 2.24. The van der Waals surface area contributed by atoms with Gasteiger partial charge in [-0.2, -0.15) is 0 Å². The zero-order valence-corrected chi connectivity index (χ0v) is 9.76. The smallest absolute Gasteiger partial charge is 0.187 e. The van der Waals surface area contributed by atoms with Crippen LogP contribution in [-0.2, 0) is 0 Å². The molecule has 0 bridgehead atoms. The first kappa shape index (κ1) is 11.6. The molecule has 0 spiro atoms. The number of rotatable bonds is 3. The lowest BCUT2D eigenvalue weighted by molar-refractivity contribution is 0.104. The Balaban J connectivity index is 2.12. The van der Waals surface area contributed by atoms with Gasteiger partial charge in [-0.25, -0.2) is 4.98 Å². The van der Waals surface area contributed by atoms with Gasteiger partial charge in [-0.1, -0.05) is 48.0 Å². The number of nitrogens with zero attached hydrogens (tertiary/aromatic N) is 1. The SMILES string of the molecule is O=C(C=Cc1ccccc1)c1ccc(Cl)nc1. The maximum Gasteiger partial charge on any atom is 0.187 e. The Labute approximate surface area is 105 Å². The number of carbonyl (C=O) groups is 1. The summed E-state index contributed by atoms with van der Waals surface area (Å²) in [6, 6.07) is 12.9. The molecule has 0 unspecified atom stereocenters. The van der Waals surface area contributed by atoms with E-state index in [4.69, 9.17) is 11.6 Å². The summed E-state index contributed by atoms with van der Waals surface area (Å²) in [6.07, 6.45) is 4.77. The first-order valence-electron chi connectivity index (χ1n) is 5.15. The van der Waals surface area contributed by atoms with Crippen molar-refractivity contribution in [2.45, 2.75) is 0 Å². The second-order valence-electron chi connectivity index (χ2n) is 3.48. The van der Waals surface area contributed by atoms with Gasteiger partial charge in [0.1, 0.15) is 5.15 Å². The van der Waals surface area contributed by atoms with Crippen LogP contribution in [0.5, 0.6) is 0 Å². The molecule has 1 aromatic heterocycles. The van der Waals surface area contributed by atoms with Crippen LogP contribution >= 0.6 is 11.6 Å². The molecule has 3 heteroatoms. The first-order chi connectivity index (χ1) is 8.25. The minimum atomic E-state index is -0.0852. The van der Waals surface area contributed by atoms with Crippen LogP contribution in [0.15, 0.2) is 54.7 Å². The Morgan fingerprint density at radius 3 is 2.53 bits per heavy atom. The number of carbonyl (C=O) groups excluding carboxylic acids is 1. The monoisotopic (exact) mass is 243 g/mol. The molecule has 2 rings (SSSR count). The lowest BCUT2D eigenvalue weighted by atomic mass is 10.1. The van der Waals surface area contributed by atoms with E-state index in [0.29, 0.717) is 10.7 Å². The van der Waals surface area contributed by atoms with Crippen LogP contribution in [0, 0.1) is 0 Å². The first-order valence-corrected chi connectivity index (χ1v) is 5.52. The molecule has 0 aliphatic heterocycles. The molecule has 0 radical (unpaired) electrons. The van der Waals surface area contributed by atoms with Gasteiger partial charge in [-0.15, -0.1) is 0 Å². The molecular formula is C14H10ClNO. The molecular weight excluding hydrogens is 234 g/mol. The normalized spacial score (nSPS) is 10.6. The molecule has 0 amide bonds. The number of hydrogen-bond acceptors (Lipinski definition) is 2. The zero-order chi connectivity index (χ0) is 12.1. The highest BCUT2D eigenvalue weighted by atomic mass is 35.5. The molecule has 0 aliphatic carbocycles. The van der Waals surface area contributed by atoms with E-state index in [1.54, 1.807) is 18.2 Å². The van der Waals surface area contributed by atoms with Crippen LogP contribution in [0.2, 0.25) is 5.15 Å². The summed E-state index contributed by atoms with van der Waals surface area (Å²) in [5, 5.41) is 0.383. The molecule has 0 saturated heterocycles. The highest BCUT2D eigenvalue weighted by molar-refractivity contribution is 6.29. The molecule has 0 aliphatic rings. The molecule has 0 saturated carbocycles. The average Bonchev–Trinajstić information content (AvgIpc) is 2.38. The van der Waals surface area contributed by atoms with Gasteiger partial charge in [0.15, 0.2) is 5.78 Å². The second-order valence-corrected chi connectivity index (χ2v) is 3.87. The van der Waals surface area contributed by atoms with E-state index in [9.17, 15) is 4.79 Å². The predicted molar refractivity (Wildman–Crippen MR) is 69.1 cm³/mol. The molecule has 17 heavy (non-hydrogen) atoms.